The molecule has 3 rings (SSSR count). The normalized spacial score (nSPS) is 16.7. The Morgan fingerprint density at radius 3 is 2.90 bits per heavy atom. The molecule has 0 amide bonds. The van der Waals surface area contributed by atoms with Gasteiger partial charge in [-0.2, -0.15) is 0 Å². The molecule has 0 aliphatic carbocycles. The van der Waals surface area contributed by atoms with Gasteiger partial charge in [-0.15, -0.1) is 0 Å². The molecular weight excluding hydrogens is 254 g/mol. The molecule has 0 spiro atoms. The van der Waals surface area contributed by atoms with E-state index in [2.05, 4.69) is 9.88 Å². The first-order valence-corrected chi connectivity index (χ1v) is 7.19. The first kappa shape index (κ1) is 13.4. The Labute approximate surface area is 118 Å². The molecule has 0 bridgehead atoms. The van der Waals surface area contributed by atoms with Crippen LogP contribution in [0.25, 0.3) is 11.0 Å². The molecule has 5 nitrogen and oxygen atoms in total. The molecule has 1 aliphatic rings. The van der Waals surface area contributed by atoms with E-state index in [1.54, 1.807) is 7.11 Å². The van der Waals surface area contributed by atoms with Crippen molar-refractivity contribution in [1.29, 1.82) is 0 Å². The van der Waals surface area contributed by atoms with Gasteiger partial charge in [0.1, 0.15) is 11.6 Å². The third-order valence-electron chi connectivity index (χ3n) is 4.01. The number of aromatic nitrogens is 2. The van der Waals surface area contributed by atoms with Crippen LogP contribution in [0, 0.1) is 0 Å². The zero-order chi connectivity index (χ0) is 13.9. The number of aliphatic hydroxyl groups is 1. The van der Waals surface area contributed by atoms with Crippen LogP contribution in [0.4, 0.5) is 0 Å². The Morgan fingerprint density at radius 1 is 1.40 bits per heavy atom. The van der Waals surface area contributed by atoms with E-state index in [1.165, 1.54) is 0 Å². The zero-order valence-corrected chi connectivity index (χ0v) is 11.8. The van der Waals surface area contributed by atoms with Crippen molar-refractivity contribution >= 4 is 11.0 Å². The highest BCUT2D eigenvalue weighted by molar-refractivity contribution is 5.78. The number of methoxy groups -OCH3 is 1. The fraction of sp³-hybridized carbons (Fsp3) is 0.533. The van der Waals surface area contributed by atoms with Crippen molar-refractivity contribution in [3.8, 4) is 5.75 Å². The van der Waals surface area contributed by atoms with E-state index in [-0.39, 0.29) is 6.61 Å². The number of aliphatic hydroxyl groups excluding tert-OH is 1. The van der Waals surface area contributed by atoms with Crippen molar-refractivity contribution in [1.82, 2.24) is 14.9 Å². The van der Waals surface area contributed by atoms with Crippen LogP contribution in [0.3, 0.4) is 0 Å². The first-order valence-electron chi connectivity index (χ1n) is 7.19. The number of nitrogens with zero attached hydrogens (tertiary/aromatic N) is 2. The zero-order valence-electron chi connectivity index (χ0n) is 11.8. The van der Waals surface area contributed by atoms with Gasteiger partial charge in [0.05, 0.1) is 24.8 Å². The first-order chi connectivity index (χ1) is 9.83. The lowest BCUT2D eigenvalue weighted by molar-refractivity contribution is 0.273. The predicted molar refractivity (Wildman–Crippen MR) is 78.2 cm³/mol. The van der Waals surface area contributed by atoms with Gasteiger partial charge in [-0.1, -0.05) is 0 Å². The highest BCUT2D eigenvalue weighted by Gasteiger charge is 2.22. The molecule has 20 heavy (non-hydrogen) atoms. The summed E-state index contributed by atoms with van der Waals surface area (Å²) in [5, 5.41) is 12.7. The van der Waals surface area contributed by atoms with Crippen LogP contribution in [-0.4, -0.2) is 41.5 Å². The van der Waals surface area contributed by atoms with Crippen LogP contribution < -0.4 is 10.1 Å². The fourth-order valence-electron chi connectivity index (χ4n) is 2.98. The van der Waals surface area contributed by atoms with Gasteiger partial charge in [-0.25, -0.2) is 4.98 Å². The van der Waals surface area contributed by atoms with Crippen molar-refractivity contribution in [2.45, 2.75) is 25.3 Å². The summed E-state index contributed by atoms with van der Waals surface area (Å²) in [6.45, 7) is 2.81. The van der Waals surface area contributed by atoms with Crippen LogP contribution in [0.1, 0.15) is 24.6 Å². The smallest absolute Gasteiger partial charge is 0.121 e. The van der Waals surface area contributed by atoms with Crippen LogP contribution >= 0.6 is 0 Å². The molecule has 0 saturated carbocycles. The van der Waals surface area contributed by atoms with E-state index in [1.807, 2.05) is 18.2 Å². The van der Waals surface area contributed by atoms with Gasteiger partial charge in [0.25, 0.3) is 0 Å². The standard InChI is InChI=1S/C15H21N3O2/c1-20-12-2-3-14-13(10-12)17-15(18(14)8-9-19)11-4-6-16-7-5-11/h2-3,10-11,16,19H,4-9H2,1H3. The van der Waals surface area contributed by atoms with Crippen molar-refractivity contribution in [2.75, 3.05) is 26.8 Å². The van der Waals surface area contributed by atoms with Crippen LogP contribution in [0.5, 0.6) is 5.75 Å². The Bertz CT molecular complexity index is 588. The van der Waals surface area contributed by atoms with Crippen molar-refractivity contribution in [3.05, 3.63) is 24.0 Å². The molecule has 1 aromatic carbocycles. The van der Waals surface area contributed by atoms with Gasteiger partial charge < -0.3 is 19.7 Å². The number of nitrogens with one attached hydrogen (secondary N) is 1. The molecule has 0 radical (unpaired) electrons. The molecule has 5 heteroatoms. The number of imidazole rings is 1. The second kappa shape index (κ2) is 5.81. The summed E-state index contributed by atoms with van der Waals surface area (Å²) >= 11 is 0. The maximum absolute atomic E-state index is 9.34. The van der Waals surface area contributed by atoms with Gasteiger partial charge in [-0.3, -0.25) is 0 Å². The number of ether oxygens (including phenoxy) is 1. The van der Waals surface area contributed by atoms with E-state index >= 15 is 0 Å². The number of fused-ring (bicyclic) bond motifs is 1. The highest BCUT2D eigenvalue weighted by Crippen LogP contribution is 2.29. The SMILES string of the molecule is COc1ccc2c(c1)nc(C1CCNCC1)n2CCO. The van der Waals surface area contributed by atoms with Gasteiger partial charge in [-0.05, 0) is 38.1 Å². The van der Waals surface area contributed by atoms with Crippen molar-refractivity contribution in [2.24, 2.45) is 0 Å². The molecule has 108 valence electrons. The molecule has 1 aromatic heterocycles. The summed E-state index contributed by atoms with van der Waals surface area (Å²) in [6.07, 6.45) is 2.21. The average molecular weight is 275 g/mol. The summed E-state index contributed by atoms with van der Waals surface area (Å²) in [5.41, 5.74) is 2.03. The Morgan fingerprint density at radius 2 is 2.20 bits per heavy atom. The topological polar surface area (TPSA) is 59.3 Å². The summed E-state index contributed by atoms with van der Waals surface area (Å²) in [6, 6.07) is 5.94. The summed E-state index contributed by atoms with van der Waals surface area (Å²) in [4.78, 5) is 4.81. The van der Waals surface area contributed by atoms with E-state index in [0.29, 0.717) is 12.5 Å². The summed E-state index contributed by atoms with van der Waals surface area (Å²) in [5.74, 6) is 2.40. The Hall–Kier alpha value is -1.59. The monoisotopic (exact) mass is 275 g/mol. The average Bonchev–Trinajstić information content (AvgIpc) is 2.86. The van der Waals surface area contributed by atoms with Gasteiger partial charge in [0.15, 0.2) is 0 Å². The number of rotatable bonds is 4. The van der Waals surface area contributed by atoms with Crippen LogP contribution in [0.15, 0.2) is 18.2 Å². The van der Waals surface area contributed by atoms with Crippen LogP contribution in [-0.2, 0) is 6.54 Å². The van der Waals surface area contributed by atoms with Crippen molar-refractivity contribution < 1.29 is 9.84 Å². The molecule has 2 N–H and O–H groups in total. The molecular formula is C15H21N3O2. The van der Waals surface area contributed by atoms with Gasteiger partial charge >= 0.3 is 0 Å². The van der Waals surface area contributed by atoms with E-state index < -0.39 is 0 Å². The van der Waals surface area contributed by atoms with E-state index in [0.717, 1.165) is 48.5 Å². The minimum absolute atomic E-state index is 0.134. The quantitative estimate of drug-likeness (QED) is 0.888. The number of piperidine rings is 1. The molecule has 1 fully saturated rings. The van der Waals surface area contributed by atoms with Crippen LogP contribution in [0.2, 0.25) is 0 Å². The summed E-state index contributed by atoms with van der Waals surface area (Å²) < 4.78 is 7.43. The minimum atomic E-state index is 0.134. The lowest BCUT2D eigenvalue weighted by Crippen LogP contribution is -2.28. The fourth-order valence-corrected chi connectivity index (χ4v) is 2.98. The van der Waals surface area contributed by atoms with Gasteiger partial charge in [0.2, 0.25) is 0 Å². The lowest BCUT2D eigenvalue weighted by Gasteiger charge is -2.23. The molecule has 1 saturated heterocycles. The Kier molecular flexibility index (Phi) is 3.89. The second-order valence-electron chi connectivity index (χ2n) is 5.22. The van der Waals surface area contributed by atoms with E-state index in [4.69, 9.17) is 9.72 Å². The largest absolute Gasteiger partial charge is 0.497 e. The third kappa shape index (κ3) is 2.39. The molecule has 2 aromatic rings. The molecule has 0 atom stereocenters. The highest BCUT2D eigenvalue weighted by atomic mass is 16.5. The van der Waals surface area contributed by atoms with Crippen molar-refractivity contribution in [3.63, 3.8) is 0 Å². The van der Waals surface area contributed by atoms with Gasteiger partial charge in [0, 0.05) is 18.5 Å². The third-order valence-corrected chi connectivity index (χ3v) is 4.01. The molecule has 2 heterocycles. The Balaban J connectivity index is 2.06. The lowest BCUT2D eigenvalue weighted by atomic mass is 9.97. The van der Waals surface area contributed by atoms with E-state index in [9.17, 15) is 5.11 Å². The number of hydrogen-bond acceptors (Lipinski definition) is 4. The predicted octanol–water partition coefficient (Wildman–Crippen LogP) is 1.50. The maximum Gasteiger partial charge on any atom is 0.121 e. The minimum Gasteiger partial charge on any atom is -0.497 e. The summed E-state index contributed by atoms with van der Waals surface area (Å²) in [7, 11) is 1.67. The molecule has 0 unspecified atom stereocenters. The second-order valence-corrected chi connectivity index (χ2v) is 5.22. The maximum atomic E-state index is 9.34. The number of hydrogen-bond donors (Lipinski definition) is 2. The molecule has 1 aliphatic heterocycles. The number of benzene rings is 1.